The molecule has 0 aromatic carbocycles. The Morgan fingerprint density at radius 3 is 2.79 bits per heavy atom. The van der Waals surface area contributed by atoms with E-state index in [1.807, 2.05) is 5.43 Å². The molecule has 0 radical (unpaired) electrons. The number of aldehydes is 1. The Morgan fingerprint density at radius 2 is 2.36 bits per heavy atom. The van der Waals surface area contributed by atoms with Crippen LogP contribution < -0.4 is 11.2 Å². The number of hydrazone groups is 1. The van der Waals surface area contributed by atoms with Crippen molar-refractivity contribution in [3.8, 4) is 0 Å². The highest BCUT2D eigenvalue weighted by Gasteiger charge is 2.05. The van der Waals surface area contributed by atoms with E-state index < -0.39 is 6.03 Å². The molecule has 0 aliphatic rings. The summed E-state index contributed by atoms with van der Waals surface area (Å²) in [4.78, 5) is 21.6. The molecule has 1 rings (SSSR count). The molecule has 0 saturated carbocycles. The average Bonchev–Trinajstić information content (AvgIpc) is 2.53. The third kappa shape index (κ3) is 2.93. The van der Waals surface area contributed by atoms with E-state index in [1.54, 1.807) is 12.1 Å². The maximum Gasteiger partial charge on any atom is 0.332 e. The van der Waals surface area contributed by atoms with Gasteiger partial charge in [-0.3, -0.25) is 4.79 Å². The van der Waals surface area contributed by atoms with E-state index in [4.69, 9.17) is 5.73 Å². The number of rotatable bonds is 3. The Labute approximate surface area is 92.1 Å². The summed E-state index contributed by atoms with van der Waals surface area (Å²) in [7, 11) is 0. The lowest BCUT2D eigenvalue weighted by atomic mass is 10.3. The molecule has 7 heteroatoms. The number of urea groups is 1. The van der Waals surface area contributed by atoms with Crippen LogP contribution in [0.5, 0.6) is 0 Å². The summed E-state index contributed by atoms with van der Waals surface area (Å²) < 4.78 is 0.876. The molecule has 0 fully saturated rings. The Kier molecular flexibility index (Phi) is 3.78. The number of hydrogen-bond acceptors (Lipinski definition) is 4. The van der Waals surface area contributed by atoms with Crippen LogP contribution in [0.4, 0.5) is 4.79 Å². The van der Waals surface area contributed by atoms with Crippen LogP contribution in [0.2, 0.25) is 0 Å². The van der Waals surface area contributed by atoms with Crippen molar-refractivity contribution in [3.63, 3.8) is 0 Å². The Hall–Kier alpha value is -1.21. The van der Waals surface area contributed by atoms with Crippen molar-refractivity contribution in [2.75, 3.05) is 0 Å². The van der Waals surface area contributed by atoms with Crippen LogP contribution in [-0.4, -0.2) is 18.0 Å². The number of primary amides is 1. The molecule has 0 unspecified atom stereocenters. The van der Waals surface area contributed by atoms with Gasteiger partial charge in [0.1, 0.15) is 5.71 Å². The van der Waals surface area contributed by atoms with Gasteiger partial charge in [0.25, 0.3) is 0 Å². The minimum Gasteiger partial charge on any atom is -0.350 e. The summed E-state index contributed by atoms with van der Waals surface area (Å²) in [6, 6.07) is 2.69. The van der Waals surface area contributed by atoms with Crippen LogP contribution in [0, 0.1) is 0 Å². The average molecular weight is 276 g/mol. The molecule has 74 valence electrons. The fourth-order valence-corrected chi connectivity index (χ4v) is 2.04. The predicted octanol–water partition coefficient (Wildman–Crippen LogP) is 1.08. The van der Waals surface area contributed by atoms with E-state index in [2.05, 4.69) is 21.0 Å². The largest absolute Gasteiger partial charge is 0.350 e. The molecule has 2 amide bonds. The second-order valence-corrected chi connectivity index (χ2v) is 4.66. The number of nitrogens with two attached hydrogens (primary N) is 1. The van der Waals surface area contributed by atoms with E-state index in [9.17, 15) is 9.59 Å². The molecule has 1 aromatic rings. The highest BCUT2D eigenvalue weighted by Crippen LogP contribution is 2.22. The van der Waals surface area contributed by atoms with E-state index in [-0.39, 0.29) is 5.71 Å². The summed E-state index contributed by atoms with van der Waals surface area (Å²) in [5.41, 5.74) is 6.93. The second-order valence-electron chi connectivity index (χ2n) is 2.19. The van der Waals surface area contributed by atoms with Gasteiger partial charge in [0.2, 0.25) is 0 Å². The first-order valence-electron chi connectivity index (χ1n) is 3.47. The van der Waals surface area contributed by atoms with E-state index in [0.717, 1.165) is 3.79 Å². The molecular formula is C7H6BrN3O2S. The lowest BCUT2D eigenvalue weighted by Gasteiger charge is -1.94. The number of thiophene rings is 1. The summed E-state index contributed by atoms with van der Waals surface area (Å²) in [6.07, 6.45) is 0.550. The van der Waals surface area contributed by atoms with Crippen LogP contribution in [-0.2, 0) is 4.79 Å². The van der Waals surface area contributed by atoms with Gasteiger partial charge in [-0.05, 0) is 28.1 Å². The molecule has 5 nitrogen and oxygen atoms in total. The van der Waals surface area contributed by atoms with Crippen LogP contribution >= 0.6 is 27.3 Å². The van der Waals surface area contributed by atoms with Gasteiger partial charge in [0, 0.05) is 0 Å². The molecule has 3 N–H and O–H groups in total. The normalized spacial score (nSPS) is 11.1. The zero-order valence-corrected chi connectivity index (χ0v) is 9.26. The first-order valence-corrected chi connectivity index (χ1v) is 5.08. The zero-order valence-electron chi connectivity index (χ0n) is 6.86. The van der Waals surface area contributed by atoms with Gasteiger partial charge < -0.3 is 5.73 Å². The first kappa shape index (κ1) is 10.9. The molecule has 14 heavy (non-hydrogen) atoms. The predicted molar refractivity (Wildman–Crippen MR) is 57.3 cm³/mol. The fraction of sp³-hybridized carbons (Fsp3) is 0. The van der Waals surface area contributed by atoms with Gasteiger partial charge >= 0.3 is 6.03 Å². The van der Waals surface area contributed by atoms with E-state index in [0.29, 0.717) is 11.2 Å². The van der Waals surface area contributed by atoms with E-state index >= 15 is 0 Å². The molecule has 1 heterocycles. The van der Waals surface area contributed by atoms with Crippen LogP contribution in [0.25, 0.3) is 0 Å². The van der Waals surface area contributed by atoms with Gasteiger partial charge in [-0.2, -0.15) is 5.10 Å². The Morgan fingerprint density at radius 1 is 1.64 bits per heavy atom. The standard InChI is InChI=1S/C7H6BrN3O2S/c8-6-2-1-5(14-6)4(3-12)10-11-7(9)13/h1-3H,(H3,9,11,13). The maximum absolute atomic E-state index is 10.6. The van der Waals surface area contributed by atoms with Crippen molar-refractivity contribution in [1.82, 2.24) is 5.43 Å². The summed E-state index contributed by atoms with van der Waals surface area (Å²) in [5, 5.41) is 3.54. The van der Waals surface area contributed by atoms with Crippen molar-refractivity contribution in [2.45, 2.75) is 0 Å². The molecule has 0 aliphatic carbocycles. The third-order valence-electron chi connectivity index (χ3n) is 1.22. The summed E-state index contributed by atoms with van der Waals surface area (Å²) in [6.45, 7) is 0. The Bertz CT molecular complexity index is 388. The van der Waals surface area contributed by atoms with E-state index in [1.165, 1.54) is 11.3 Å². The van der Waals surface area contributed by atoms with Crippen molar-refractivity contribution in [3.05, 3.63) is 20.8 Å². The van der Waals surface area contributed by atoms with Crippen molar-refractivity contribution >= 4 is 45.3 Å². The fourth-order valence-electron chi connectivity index (χ4n) is 0.707. The summed E-state index contributed by atoms with van der Waals surface area (Å²) >= 11 is 4.58. The first-order chi connectivity index (χ1) is 6.63. The number of amides is 2. The molecular weight excluding hydrogens is 270 g/mol. The molecule has 0 atom stereocenters. The summed E-state index contributed by atoms with van der Waals surface area (Å²) in [5.74, 6) is 0. The quantitative estimate of drug-likeness (QED) is 0.492. The molecule has 0 aliphatic heterocycles. The number of halogens is 1. The van der Waals surface area contributed by atoms with Gasteiger partial charge in [0.05, 0.1) is 8.66 Å². The molecule has 0 bridgehead atoms. The van der Waals surface area contributed by atoms with Crippen molar-refractivity contribution in [2.24, 2.45) is 10.8 Å². The number of carbonyl (C=O) groups is 2. The van der Waals surface area contributed by atoms with Gasteiger partial charge in [-0.25, -0.2) is 10.2 Å². The zero-order chi connectivity index (χ0) is 10.6. The number of hydrogen-bond donors (Lipinski definition) is 2. The topological polar surface area (TPSA) is 84.6 Å². The third-order valence-corrected chi connectivity index (χ3v) is 2.87. The van der Waals surface area contributed by atoms with Crippen LogP contribution in [0.3, 0.4) is 0 Å². The highest BCUT2D eigenvalue weighted by molar-refractivity contribution is 9.11. The maximum atomic E-state index is 10.6. The smallest absolute Gasteiger partial charge is 0.332 e. The second kappa shape index (κ2) is 4.87. The number of nitrogens with zero attached hydrogens (tertiary/aromatic N) is 1. The van der Waals surface area contributed by atoms with Gasteiger partial charge in [0.15, 0.2) is 6.29 Å². The van der Waals surface area contributed by atoms with Gasteiger partial charge in [-0.1, -0.05) is 0 Å². The monoisotopic (exact) mass is 275 g/mol. The van der Waals surface area contributed by atoms with Crippen molar-refractivity contribution < 1.29 is 9.59 Å². The molecule has 0 saturated heterocycles. The number of nitrogens with one attached hydrogen (secondary N) is 1. The molecule has 1 aromatic heterocycles. The van der Waals surface area contributed by atoms with Crippen molar-refractivity contribution in [1.29, 1.82) is 0 Å². The minimum absolute atomic E-state index is 0.138. The van der Waals surface area contributed by atoms with Crippen LogP contribution in [0.1, 0.15) is 4.88 Å². The lowest BCUT2D eigenvalue weighted by Crippen LogP contribution is -2.26. The Balaban J connectivity index is 2.86. The number of carbonyl (C=O) groups excluding carboxylic acids is 2. The lowest BCUT2D eigenvalue weighted by molar-refractivity contribution is -0.102. The SMILES string of the molecule is NC(=O)NN=C(C=O)c1ccc(Br)s1. The van der Waals surface area contributed by atoms with Gasteiger partial charge in [-0.15, -0.1) is 11.3 Å². The highest BCUT2D eigenvalue weighted by atomic mass is 79.9. The van der Waals surface area contributed by atoms with Crippen LogP contribution in [0.15, 0.2) is 21.0 Å². The molecule has 0 spiro atoms. The minimum atomic E-state index is -0.806.